The van der Waals surface area contributed by atoms with Crippen LogP contribution in [0.15, 0.2) is 28.7 Å². The second-order valence-corrected chi connectivity index (χ2v) is 13.4. The van der Waals surface area contributed by atoms with Crippen molar-refractivity contribution in [1.29, 1.82) is 0 Å². The number of nitrogens with two attached hydrogens (primary N) is 1. The lowest BCUT2D eigenvalue weighted by atomic mass is 9.58. The molecule has 13 heteroatoms. The van der Waals surface area contributed by atoms with Gasteiger partial charge in [-0.05, 0) is 50.1 Å². The lowest BCUT2D eigenvalue weighted by Crippen LogP contribution is -2.66. The van der Waals surface area contributed by atoms with Crippen LogP contribution in [0.5, 0.6) is 5.75 Å². The number of halogens is 2. The van der Waals surface area contributed by atoms with E-state index >= 15 is 0 Å². The molecule has 1 spiro atoms. The van der Waals surface area contributed by atoms with Gasteiger partial charge in [-0.1, -0.05) is 0 Å². The molecule has 1 aromatic rings. The number of hydrogen-bond acceptors (Lipinski definition) is 9. The fraction of sp³-hybridized carbons (Fsp3) is 0.567. The van der Waals surface area contributed by atoms with Gasteiger partial charge in [-0.15, -0.1) is 0 Å². The number of fused-ring (bicyclic) bond motifs is 3. The number of ketones is 1. The summed E-state index contributed by atoms with van der Waals surface area (Å²) in [6.45, 7) is 0.352. The average molecular weight is 603 g/mol. The Morgan fingerprint density at radius 1 is 1.07 bits per heavy atom. The van der Waals surface area contributed by atoms with Crippen molar-refractivity contribution < 1.29 is 43.6 Å². The predicted molar refractivity (Wildman–Crippen MR) is 150 cm³/mol. The number of alkyl halides is 2. The van der Waals surface area contributed by atoms with Crippen molar-refractivity contribution >= 4 is 23.3 Å². The van der Waals surface area contributed by atoms with E-state index < -0.39 is 69.5 Å². The molecule has 5 aliphatic rings. The second-order valence-electron chi connectivity index (χ2n) is 13.4. The highest BCUT2D eigenvalue weighted by atomic mass is 19.3. The predicted octanol–water partition coefficient (Wildman–Crippen LogP) is 1.42. The molecular formula is C30H36F2N4O7. The summed E-state index contributed by atoms with van der Waals surface area (Å²) in [5.74, 6) is -8.55. The number of aromatic hydroxyl groups is 1. The van der Waals surface area contributed by atoms with Gasteiger partial charge in [0.15, 0.2) is 5.60 Å². The molecule has 0 unspecified atom stereocenters. The van der Waals surface area contributed by atoms with E-state index in [1.54, 1.807) is 44.1 Å². The first-order valence-electron chi connectivity index (χ1n) is 14.2. The number of amides is 2. The zero-order valence-corrected chi connectivity index (χ0v) is 24.4. The number of hydrogen-bond donors (Lipinski definition) is 5. The third-order valence-electron chi connectivity index (χ3n) is 10.2. The molecule has 1 aliphatic heterocycles. The molecule has 43 heavy (non-hydrogen) atoms. The number of rotatable bonds is 4. The number of primary amides is 1. The monoisotopic (exact) mass is 602 g/mol. The topological polar surface area (TPSA) is 168 Å². The first-order valence-corrected chi connectivity index (χ1v) is 14.2. The fourth-order valence-corrected chi connectivity index (χ4v) is 8.30. The first-order chi connectivity index (χ1) is 19.9. The number of likely N-dealkylation sites (tertiary alicyclic amines) is 1. The Morgan fingerprint density at radius 2 is 1.70 bits per heavy atom. The van der Waals surface area contributed by atoms with E-state index in [9.17, 15) is 43.6 Å². The molecule has 2 amide bonds. The van der Waals surface area contributed by atoms with Crippen molar-refractivity contribution in [3.05, 3.63) is 45.4 Å². The van der Waals surface area contributed by atoms with Gasteiger partial charge < -0.3 is 36.0 Å². The standard InChI is InChI=1S/C30H36F2N4O7/c1-34(2)19-8-17(27(42)36-11-28(12-36)9-29(31,32)10-28)22(37)16-7-14-13(5-15(16)19)6-18-21(35(3)4)23(38)20(26(33)41)25(40)30(18,43)24(14)39/h8,13,18,21,37-39,43H,5-7,9-12H2,1-4H3,(H2,33,41)/t13-,18-,21-,30-/m0/s1. The van der Waals surface area contributed by atoms with Gasteiger partial charge in [-0.25, -0.2) is 8.78 Å². The number of Topliss-reactive ketones (excluding diaryl/α,β-unsaturated/α-hetero) is 1. The fourth-order valence-electron chi connectivity index (χ4n) is 8.30. The van der Waals surface area contributed by atoms with Crippen LogP contribution in [0.3, 0.4) is 0 Å². The SMILES string of the molecule is CN(C)c1cc(C(=O)N2CC3(C2)CC(F)(F)C3)c(O)c2c1C[C@H]1C[C@H]3[C@H](N(C)C)C(O)=C(C(N)=O)C(=O)[C@@]3(O)C(O)=C1C2. The number of aliphatic hydroxyl groups is 3. The van der Waals surface area contributed by atoms with Gasteiger partial charge in [0.05, 0.1) is 11.6 Å². The molecule has 0 radical (unpaired) electrons. The van der Waals surface area contributed by atoms with E-state index in [0.717, 1.165) is 5.56 Å². The lowest BCUT2D eigenvalue weighted by Gasteiger charge is -2.58. The minimum Gasteiger partial charge on any atom is -0.510 e. The largest absolute Gasteiger partial charge is 0.510 e. The van der Waals surface area contributed by atoms with E-state index in [0.29, 0.717) is 17.7 Å². The van der Waals surface area contributed by atoms with Crippen LogP contribution in [-0.2, 0) is 22.4 Å². The summed E-state index contributed by atoms with van der Waals surface area (Å²) in [5.41, 5.74) is 3.52. The van der Waals surface area contributed by atoms with Crippen LogP contribution >= 0.6 is 0 Å². The van der Waals surface area contributed by atoms with Gasteiger partial charge in [0.25, 0.3) is 11.8 Å². The van der Waals surface area contributed by atoms with Crippen LogP contribution in [0.2, 0.25) is 0 Å². The maximum atomic E-state index is 13.5. The normalized spacial score (nSPS) is 30.4. The molecule has 1 aromatic carbocycles. The summed E-state index contributed by atoms with van der Waals surface area (Å²) in [5, 5.41) is 45.7. The highest BCUT2D eigenvalue weighted by Gasteiger charge is 2.64. The molecule has 6 rings (SSSR count). The van der Waals surface area contributed by atoms with Crippen LogP contribution in [0.4, 0.5) is 14.5 Å². The van der Waals surface area contributed by atoms with Gasteiger partial charge >= 0.3 is 0 Å². The van der Waals surface area contributed by atoms with E-state index in [4.69, 9.17) is 5.73 Å². The number of likely N-dealkylation sites (N-methyl/N-ethyl adjacent to an activating group) is 1. The first kappa shape index (κ1) is 29.4. The van der Waals surface area contributed by atoms with Crippen molar-refractivity contribution in [2.75, 3.05) is 46.2 Å². The van der Waals surface area contributed by atoms with E-state index in [1.165, 1.54) is 4.90 Å². The Morgan fingerprint density at radius 3 is 2.23 bits per heavy atom. The maximum Gasteiger partial charge on any atom is 0.257 e. The zero-order valence-electron chi connectivity index (χ0n) is 24.4. The number of phenolic OH excluding ortho intramolecular Hbond substituents is 1. The minimum absolute atomic E-state index is 0.000365. The Bertz CT molecular complexity index is 1530. The quantitative estimate of drug-likeness (QED) is 0.320. The van der Waals surface area contributed by atoms with Crippen LogP contribution in [0, 0.1) is 17.3 Å². The molecule has 1 saturated heterocycles. The summed E-state index contributed by atoms with van der Waals surface area (Å²) >= 11 is 0. The van der Waals surface area contributed by atoms with Gasteiger partial charge in [-0.3, -0.25) is 19.3 Å². The van der Waals surface area contributed by atoms with Crippen molar-refractivity contribution in [3.63, 3.8) is 0 Å². The Hall–Kier alpha value is -3.71. The molecule has 11 nitrogen and oxygen atoms in total. The van der Waals surface area contributed by atoms with Crippen LogP contribution in [0.25, 0.3) is 0 Å². The number of allylic oxidation sites excluding steroid dienone is 1. The number of carbonyl (C=O) groups is 3. The van der Waals surface area contributed by atoms with Gasteiger partial charge in [-0.2, -0.15) is 0 Å². The summed E-state index contributed by atoms with van der Waals surface area (Å²) in [6, 6.07) is 0.595. The third-order valence-corrected chi connectivity index (χ3v) is 10.2. The molecule has 1 heterocycles. The molecule has 4 atom stereocenters. The van der Waals surface area contributed by atoms with E-state index in [1.807, 2.05) is 0 Å². The number of aliphatic hydroxyl groups excluding tert-OH is 2. The molecular weight excluding hydrogens is 566 g/mol. The Balaban J connectivity index is 1.41. The summed E-state index contributed by atoms with van der Waals surface area (Å²) in [6.07, 6.45) is -0.166. The summed E-state index contributed by atoms with van der Waals surface area (Å²) in [7, 11) is 6.79. The highest BCUT2D eigenvalue weighted by molar-refractivity contribution is 6.24. The van der Waals surface area contributed by atoms with Gasteiger partial charge in [0, 0.05) is 69.0 Å². The molecule has 4 aliphatic carbocycles. The second kappa shape index (κ2) is 9.15. The van der Waals surface area contributed by atoms with Crippen molar-refractivity contribution in [2.24, 2.45) is 23.0 Å². The van der Waals surface area contributed by atoms with Gasteiger partial charge in [0.2, 0.25) is 11.7 Å². The molecule has 2 fully saturated rings. The number of carbonyl (C=O) groups excluding carboxylic acids is 3. The smallest absolute Gasteiger partial charge is 0.257 e. The maximum absolute atomic E-state index is 13.5. The lowest BCUT2D eigenvalue weighted by molar-refractivity contribution is -0.203. The van der Waals surface area contributed by atoms with E-state index in [-0.39, 0.29) is 55.7 Å². The van der Waals surface area contributed by atoms with Gasteiger partial charge in [0.1, 0.15) is 22.8 Å². The summed E-state index contributed by atoms with van der Waals surface area (Å²) in [4.78, 5) is 44.0. The number of nitrogens with zero attached hydrogens (tertiary/aromatic N) is 3. The van der Waals surface area contributed by atoms with Crippen molar-refractivity contribution in [3.8, 4) is 5.75 Å². The van der Waals surface area contributed by atoms with Crippen molar-refractivity contribution in [1.82, 2.24) is 9.80 Å². The van der Waals surface area contributed by atoms with Crippen LogP contribution < -0.4 is 10.6 Å². The zero-order chi connectivity index (χ0) is 31.5. The minimum atomic E-state index is -2.71. The van der Waals surface area contributed by atoms with E-state index in [2.05, 4.69) is 0 Å². The Kier molecular flexibility index (Phi) is 6.25. The highest BCUT2D eigenvalue weighted by Crippen LogP contribution is 2.58. The number of phenols is 1. The molecule has 0 aromatic heterocycles. The molecule has 232 valence electrons. The van der Waals surface area contributed by atoms with Crippen LogP contribution in [-0.4, -0.2) is 107 Å². The summed E-state index contributed by atoms with van der Waals surface area (Å²) < 4.78 is 27.0. The third kappa shape index (κ3) is 4.00. The number of anilines is 1. The van der Waals surface area contributed by atoms with Crippen molar-refractivity contribution in [2.45, 2.75) is 49.7 Å². The average Bonchev–Trinajstić information content (AvgIpc) is 2.86. The number of benzene rings is 1. The Labute approximate surface area is 246 Å². The van der Waals surface area contributed by atoms with Crippen LogP contribution in [0.1, 0.15) is 40.7 Å². The molecule has 1 saturated carbocycles. The molecule has 6 N–H and O–H groups in total. The molecule has 0 bridgehead atoms.